The predicted molar refractivity (Wildman–Crippen MR) is 73.2 cm³/mol. The molecule has 1 atom stereocenters. The van der Waals surface area contributed by atoms with Crippen LogP contribution in [0.5, 0.6) is 0 Å². The third-order valence-corrected chi connectivity index (χ3v) is 4.20. The van der Waals surface area contributed by atoms with Gasteiger partial charge in [0.2, 0.25) is 5.91 Å². The number of para-hydroxylation sites is 1. The van der Waals surface area contributed by atoms with E-state index in [9.17, 15) is 27.2 Å². The maximum atomic E-state index is 12.7. The van der Waals surface area contributed by atoms with Crippen LogP contribution in [-0.2, 0) is 15.0 Å². The minimum Gasteiger partial charge on any atom is -0.306 e. The molecule has 0 bridgehead atoms. The fourth-order valence-corrected chi connectivity index (χ4v) is 3.29. The molecule has 1 amide bonds. The SMILES string of the molecule is Cc1cccc(N2CC(CS(=O)(=O)F)CC2=O)c1[N+](=O)[O-]. The van der Waals surface area contributed by atoms with Crippen molar-refractivity contribution in [3.8, 4) is 0 Å². The summed E-state index contributed by atoms with van der Waals surface area (Å²) in [7, 11) is -4.68. The second kappa shape index (κ2) is 5.40. The number of carbonyl (C=O) groups is 1. The second-order valence-corrected chi connectivity index (χ2v) is 6.39. The molecule has 0 aliphatic carbocycles. The van der Waals surface area contributed by atoms with Gasteiger partial charge in [-0.1, -0.05) is 12.1 Å². The molecule has 1 aliphatic heterocycles. The molecule has 1 aromatic rings. The number of nitro groups is 1. The molecule has 0 radical (unpaired) electrons. The molecule has 1 unspecified atom stereocenters. The van der Waals surface area contributed by atoms with Crippen LogP contribution in [0, 0.1) is 23.0 Å². The average Bonchev–Trinajstić information content (AvgIpc) is 2.66. The number of amides is 1. The average molecular weight is 316 g/mol. The number of rotatable bonds is 4. The van der Waals surface area contributed by atoms with E-state index in [0.717, 1.165) is 4.90 Å². The van der Waals surface area contributed by atoms with E-state index in [1.165, 1.54) is 6.07 Å². The Bertz CT molecular complexity index is 704. The van der Waals surface area contributed by atoms with Gasteiger partial charge >= 0.3 is 10.2 Å². The van der Waals surface area contributed by atoms with Gasteiger partial charge in [-0.25, -0.2) is 0 Å². The van der Waals surface area contributed by atoms with Crippen molar-refractivity contribution in [2.24, 2.45) is 5.92 Å². The van der Waals surface area contributed by atoms with E-state index in [4.69, 9.17) is 0 Å². The third kappa shape index (κ3) is 3.35. The van der Waals surface area contributed by atoms with E-state index in [2.05, 4.69) is 0 Å². The number of nitrogens with zero attached hydrogens (tertiary/aromatic N) is 2. The lowest BCUT2D eigenvalue weighted by Crippen LogP contribution is -2.26. The summed E-state index contributed by atoms with van der Waals surface area (Å²) in [5.74, 6) is -1.90. The highest BCUT2D eigenvalue weighted by Gasteiger charge is 2.36. The van der Waals surface area contributed by atoms with Crippen molar-refractivity contribution in [3.05, 3.63) is 33.9 Å². The molecule has 1 heterocycles. The summed E-state index contributed by atoms with van der Waals surface area (Å²) in [6.07, 6.45) is -0.145. The number of hydrogen-bond donors (Lipinski definition) is 0. The molecule has 7 nitrogen and oxygen atoms in total. The molecule has 1 fully saturated rings. The van der Waals surface area contributed by atoms with Crippen molar-refractivity contribution in [2.75, 3.05) is 17.2 Å². The molecule has 0 spiro atoms. The van der Waals surface area contributed by atoms with Gasteiger partial charge in [-0.05, 0) is 13.0 Å². The number of aryl methyl sites for hydroxylation is 1. The zero-order chi connectivity index (χ0) is 15.8. The van der Waals surface area contributed by atoms with Crippen LogP contribution in [0.3, 0.4) is 0 Å². The summed E-state index contributed by atoms with van der Waals surface area (Å²) < 4.78 is 34.0. The summed E-state index contributed by atoms with van der Waals surface area (Å²) in [5.41, 5.74) is 0.310. The molecule has 0 aromatic heterocycles. The highest BCUT2D eigenvalue weighted by Crippen LogP contribution is 2.35. The molecule has 21 heavy (non-hydrogen) atoms. The number of carbonyl (C=O) groups excluding carboxylic acids is 1. The molecule has 0 saturated carbocycles. The Balaban J connectivity index is 2.34. The summed E-state index contributed by atoms with van der Waals surface area (Å²) in [4.78, 5) is 23.6. The van der Waals surface area contributed by atoms with Gasteiger partial charge in [-0.3, -0.25) is 14.9 Å². The first-order chi connectivity index (χ1) is 9.69. The van der Waals surface area contributed by atoms with Crippen LogP contribution in [0.4, 0.5) is 15.3 Å². The first-order valence-corrected chi connectivity index (χ1v) is 7.71. The first-order valence-electron chi connectivity index (χ1n) is 6.15. The lowest BCUT2D eigenvalue weighted by atomic mass is 10.1. The highest BCUT2D eigenvalue weighted by molar-refractivity contribution is 7.86. The highest BCUT2D eigenvalue weighted by atomic mass is 32.3. The predicted octanol–water partition coefficient (Wildman–Crippen LogP) is 1.56. The van der Waals surface area contributed by atoms with Gasteiger partial charge in [0.15, 0.2) is 0 Å². The van der Waals surface area contributed by atoms with Crippen molar-refractivity contribution in [1.29, 1.82) is 0 Å². The van der Waals surface area contributed by atoms with Crippen molar-refractivity contribution < 1.29 is 22.0 Å². The monoisotopic (exact) mass is 316 g/mol. The van der Waals surface area contributed by atoms with Crippen molar-refractivity contribution in [3.63, 3.8) is 0 Å². The van der Waals surface area contributed by atoms with Crippen molar-refractivity contribution in [2.45, 2.75) is 13.3 Å². The number of nitro benzene ring substituents is 1. The van der Waals surface area contributed by atoms with E-state index in [1.807, 2.05) is 0 Å². The normalized spacial score (nSPS) is 19.0. The van der Waals surface area contributed by atoms with Crippen LogP contribution >= 0.6 is 0 Å². The Kier molecular flexibility index (Phi) is 3.95. The summed E-state index contributed by atoms with van der Waals surface area (Å²) in [5, 5.41) is 11.1. The van der Waals surface area contributed by atoms with Crippen LogP contribution < -0.4 is 4.90 Å². The molecule has 0 N–H and O–H groups in total. The van der Waals surface area contributed by atoms with E-state index >= 15 is 0 Å². The Hall–Kier alpha value is -2.03. The van der Waals surface area contributed by atoms with E-state index in [1.54, 1.807) is 19.1 Å². The minimum atomic E-state index is -4.68. The fraction of sp³-hybridized carbons (Fsp3) is 0.417. The maximum Gasteiger partial charge on any atom is 0.302 e. The molecular weight excluding hydrogens is 303 g/mol. The Morgan fingerprint density at radius 3 is 2.71 bits per heavy atom. The molecule has 114 valence electrons. The first kappa shape index (κ1) is 15.4. The molecule has 1 aliphatic rings. The fourth-order valence-electron chi connectivity index (χ4n) is 2.51. The third-order valence-electron chi connectivity index (χ3n) is 3.33. The lowest BCUT2D eigenvalue weighted by molar-refractivity contribution is -0.384. The smallest absolute Gasteiger partial charge is 0.302 e. The van der Waals surface area contributed by atoms with Gasteiger partial charge in [-0.2, -0.15) is 8.42 Å². The van der Waals surface area contributed by atoms with Crippen molar-refractivity contribution >= 4 is 27.5 Å². The van der Waals surface area contributed by atoms with Gasteiger partial charge < -0.3 is 4.90 Å². The second-order valence-electron chi connectivity index (χ2n) is 4.98. The van der Waals surface area contributed by atoms with Crippen LogP contribution in [0.15, 0.2) is 18.2 Å². The van der Waals surface area contributed by atoms with Gasteiger partial charge in [0, 0.05) is 24.4 Å². The van der Waals surface area contributed by atoms with E-state index in [-0.39, 0.29) is 24.3 Å². The van der Waals surface area contributed by atoms with Crippen LogP contribution in [0.25, 0.3) is 0 Å². The summed E-state index contributed by atoms with van der Waals surface area (Å²) in [6, 6.07) is 4.55. The largest absolute Gasteiger partial charge is 0.306 e. The minimum absolute atomic E-state index is 0.0493. The lowest BCUT2D eigenvalue weighted by Gasteiger charge is -2.17. The Morgan fingerprint density at radius 2 is 2.14 bits per heavy atom. The maximum absolute atomic E-state index is 12.7. The number of anilines is 1. The standard InChI is InChI=1S/C12H13FN2O5S/c1-8-3-2-4-10(12(8)15(17)18)14-6-9(5-11(14)16)7-21(13,19)20/h2-4,9H,5-7H2,1H3. The molecule has 1 aromatic carbocycles. The van der Waals surface area contributed by atoms with Crippen molar-refractivity contribution in [1.82, 2.24) is 0 Å². The van der Waals surface area contributed by atoms with E-state index < -0.39 is 32.7 Å². The zero-order valence-electron chi connectivity index (χ0n) is 11.2. The summed E-state index contributed by atoms with van der Waals surface area (Å²) >= 11 is 0. The van der Waals surface area contributed by atoms with Gasteiger partial charge in [0.25, 0.3) is 5.69 Å². The van der Waals surface area contributed by atoms with Gasteiger partial charge in [0.05, 0.1) is 10.7 Å². The topological polar surface area (TPSA) is 97.6 Å². The Labute approximate surface area is 120 Å². The van der Waals surface area contributed by atoms with Crippen LogP contribution in [-0.4, -0.2) is 31.5 Å². The molecular formula is C12H13FN2O5S. The molecule has 1 saturated heterocycles. The van der Waals surface area contributed by atoms with E-state index in [0.29, 0.717) is 5.56 Å². The van der Waals surface area contributed by atoms with Crippen LogP contribution in [0.2, 0.25) is 0 Å². The molecule has 2 rings (SSSR count). The number of hydrogen-bond acceptors (Lipinski definition) is 5. The zero-order valence-corrected chi connectivity index (χ0v) is 12.0. The number of halogens is 1. The number of benzene rings is 1. The quantitative estimate of drug-likeness (QED) is 0.477. The molecule has 9 heteroatoms. The van der Waals surface area contributed by atoms with Gasteiger partial charge in [-0.15, -0.1) is 3.89 Å². The summed E-state index contributed by atoms with van der Waals surface area (Å²) in [6.45, 7) is 1.50. The van der Waals surface area contributed by atoms with Gasteiger partial charge in [0.1, 0.15) is 5.69 Å². The van der Waals surface area contributed by atoms with Crippen LogP contribution in [0.1, 0.15) is 12.0 Å². The Morgan fingerprint density at radius 1 is 1.48 bits per heavy atom.